The van der Waals surface area contributed by atoms with Gasteiger partial charge in [0, 0.05) is 38.5 Å². The summed E-state index contributed by atoms with van der Waals surface area (Å²) in [6.07, 6.45) is 12.3. The first kappa shape index (κ1) is 21.0. The summed E-state index contributed by atoms with van der Waals surface area (Å²) in [6, 6.07) is 10.7. The van der Waals surface area contributed by atoms with E-state index < -0.39 is 0 Å². The normalized spacial score (nSPS) is 26.0. The van der Waals surface area contributed by atoms with Crippen molar-refractivity contribution >= 4 is 11.8 Å². The van der Waals surface area contributed by atoms with Crippen LogP contribution >= 0.6 is 0 Å². The van der Waals surface area contributed by atoms with E-state index in [-0.39, 0.29) is 0 Å². The molecule has 168 valence electrons. The molecule has 2 amide bonds. The molecule has 4 aliphatic rings. The molecule has 4 nitrogen and oxygen atoms in total. The lowest BCUT2D eigenvalue weighted by molar-refractivity contribution is -0.136. The first-order chi connectivity index (χ1) is 15.1. The molecule has 0 radical (unpaired) electrons. The Kier molecular flexibility index (Phi) is 6.08. The second kappa shape index (κ2) is 8.96. The highest BCUT2D eigenvalue weighted by Crippen LogP contribution is 2.66. The van der Waals surface area contributed by atoms with Gasteiger partial charge in [0.15, 0.2) is 0 Å². The van der Waals surface area contributed by atoms with Crippen LogP contribution in [0, 0.1) is 23.2 Å². The molecule has 2 saturated carbocycles. The second-order valence-electron chi connectivity index (χ2n) is 10.8. The summed E-state index contributed by atoms with van der Waals surface area (Å²) in [7, 11) is 0. The molecule has 2 aliphatic heterocycles. The highest BCUT2D eigenvalue weighted by atomic mass is 16.2. The van der Waals surface area contributed by atoms with Crippen LogP contribution in [0.2, 0.25) is 0 Å². The molecule has 2 saturated heterocycles. The Hall–Kier alpha value is -1.84. The Morgan fingerprint density at radius 3 is 2.13 bits per heavy atom. The van der Waals surface area contributed by atoms with Crippen molar-refractivity contribution < 1.29 is 9.59 Å². The highest BCUT2D eigenvalue weighted by molar-refractivity contribution is 5.83. The van der Waals surface area contributed by atoms with Crippen molar-refractivity contribution in [2.75, 3.05) is 26.2 Å². The predicted octanol–water partition coefficient (Wildman–Crippen LogP) is 4.68. The monoisotopic (exact) mass is 422 g/mol. The second-order valence-corrected chi connectivity index (χ2v) is 10.8. The van der Waals surface area contributed by atoms with Gasteiger partial charge >= 0.3 is 0 Å². The molecule has 0 N–H and O–H groups in total. The quantitative estimate of drug-likeness (QED) is 0.668. The van der Waals surface area contributed by atoms with Crippen LogP contribution in [0.15, 0.2) is 30.3 Å². The number of amides is 2. The molecule has 2 aliphatic carbocycles. The van der Waals surface area contributed by atoms with Gasteiger partial charge in [0.05, 0.1) is 0 Å². The van der Waals surface area contributed by atoms with E-state index in [2.05, 4.69) is 40.1 Å². The molecule has 0 aromatic heterocycles. The zero-order valence-corrected chi connectivity index (χ0v) is 18.9. The molecule has 2 heterocycles. The molecule has 1 aromatic rings. The minimum atomic E-state index is 0.349. The van der Waals surface area contributed by atoms with Crippen molar-refractivity contribution in [3.8, 4) is 0 Å². The summed E-state index contributed by atoms with van der Waals surface area (Å²) in [4.78, 5) is 29.7. The van der Waals surface area contributed by atoms with Crippen LogP contribution in [0.4, 0.5) is 0 Å². The average Bonchev–Trinajstić information content (AvgIpc) is 3.56. The third-order valence-electron chi connectivity index (χ3n) is 8.86. The first-order valence-corrected chi connectivity index (χ1v) is 12.7. The summed E-state index contributed by atoms with van der Waals surface area (Å²) in [5.41, 5.74) is 1.86. The van der Waals surface area contributed by atoms with Gasteiger partial charge in [-0.25, -0.2) is 0 Å². The van der Waals surface area contributed by atoms with Gasteiger partial charge in [0.2, 0.25) is 11.8 Å². The molecule has 31 heavy (non-hydrogen) atoms. The summed E-state index contributed by atoms with van der Waals surface area (Å²) in [5, 5.41) is 0. The number of piperidine rings is 2. The minimum Gasteiger partial charge on any atom is -0.343 e. The molecule has 0 bridgehead atoms. The maximum Gasteiger partial charge on any atom is 0.226 e. The van der Waals surface area contributed by atoms with E-state index in [4.69, 9.17) is 0 Å². The lowest BCUT2D eigenvalue weighted by Crippen LogP contribution is -2.41. The van der Waals surface area contributed by atoms with Crippen LogP contribution < -0.4 is 0 Å². The van der Waals surface area contributed by atoms with Gasteiger partial charge in [-0.05, 0) is 80.6 Å². The van der Waals surface area contributed by atoms with E-state index in [9.17, 15) is 9.59 Å². The lowest BCUT2D eigenvalue weighted by atomic mass is 9.79. The third-order valence-corrected chi connectivity index (χ3v) is 8.86. The van der Waals surface area contributed by atoms with Gasteiger partial charge < -0.3 is 9.80 Å². The van der Waals surface area contributed by atoms with Crippen LogP contribution in [0.3, 0.4) is 0 Å². The largest absolute Gasteiger partial charge is 0.343 e. The number of nitrogens with zero attached hydrogens (tertiary/aromatic N) is 2. The minimum absolute atomic E-state index is 0.349. The SMILES string of the molecule is O=C(CCC1CCN(C(=O)C2CC23CCC3)CC1)N1CCC(Cc2ccccc2)CC1. The molecule has 1 spiro atoms. The van der Waals surface area contributed by atoms with Crippen molar-refractivity contribution in [3.63, 3.8) is 0 Å². The maximum absolute atomic E-state index is 12.8. The van der Waals surface area contributed by atoms with Gasteiger partial charge in [0.25, 0.3) is 0 Å². The van der Waals surface area contributed by atoms with Crippen LogP contribution in [-0.4, -0.2) is 47.8 Å². The number of likely N-dealkylation sites (tertiary alicyclic amines) is 2. The van der Waals surface area contributed by atoms with E-state index >= 15 is 0 Å². The summed E-state index contributed by atoms with van der Waals surface area (Å²) < 4.78 is 0. The number of hydrogen-bond donors (Lipinski definition) is 0. The van der Waals surface area contributed by atoms with E-state index in [0.29, 0.717) is 41.4 Å². The van der Waals surface area contributed by atoms with E-state index in [1.807, 2.05) is 0 Å². The van der Waals surface area contributed by atoms with Crippen molar-refractivity contribution in [1.82, 2.24) is 9.80 Å². The third kappa shape index (κ3) is 4.68. The van der Waals surface area contributed by atoms with Gasteiger partial charge in [-0.3, -0.25) is 9.59 Å². The van der Waals surface area contributed by atoms with Crippen LogP contribution in [0.1, 0.15) is 69.8 Å². The predicted molar refractivity (Wildman–Crippen MR) is 122 cm³/mol. The summed E-state index contributed by atoms with van der Waals surface area (Å²) in [6.45, 7) is 3.67. The number of rotatable bonds is 6. The van der Waals surface area contributed by atoms with Crippen molar-refractivity contribution in [3.05, 3.63) is 35.9 Å². The summed E-state index contributed by atoms with van der Waals surface area (Å²) >= 11 is 0. The Balaban J connectivity index is 0.985. The maximum atomic E-state index is 12.8. The molecular formula is C27H38N2O2. The standard InChI is InChI=1S/C27H38N2O2/c30-25(28-15-11-23(12-16-28)19-22-5-2-1-3-6-22)8-7-21-9-17-29(18-10-21)26(31)24-20-27(24)13-4-14-27/h1-3,5-6,21,23-24H,4,7-20H2. The van der Waals surface area contributed by atoms with E-state index in [0.717, 1.165) is 71.1 Å². The zero-order chi connectivity index (χ0) is 21.3. The number of carbonyl (C=O) groups is 2. The van der Waals surface area contributed by atoms with Gasteiger partial charge in [-0.1, -0.05) is 36.8 Å². The topological polar surface area (TPSA) is 40.6 Å². The molecule has 4 heteroatoms. The van der Waals surface area contributed by atoms with Crippen molar-refractivity contribution in [2.45, 2.75) is 70.6 Å². The summed E-state index contributed by atoms with van der Waals surface area (Å²) in [5.74, 6) is 2.46. The van der Waals surface area contributed by atoms with Crippen LogP contribution in [0.25, 0.3) is 0 Å². The molecular weight excluding hydrogens is 384 g/mol. The van der Waals surface area contributed by atoms with Crippen molar-refractivity contribution in [1.29, 1.82) is 0 Å². The lowest BCUT2D eigenvalue weighted by Gasteiger charge is -2.35. The molecule has 5 rings (SSSR count). The van der Waals surface area contributed by atoms with Gasteiger partial charge in [-0.2, -0.15) is 0 Å². The molecule has 1 aromatic carbocycles. The van der Waals surface area contributed by atoms with Crippen molar-refractivity contribution in [2.24, 2.45) is 23.2 Å². The average molecular weight is 423 g/mol. The molecule has 1 unspecified atom stereocenters. The number of hydrogen-bond acceptors (Lipinski definition) is 2. The fraction of sp³-hybridized carbons (Fsp3) is 0.704. The highest BCUT2D eigenvalue weighted by Gasteiger charge is 2.61. The Morgan fingerprint density at radius 1 is 0.871 bits per heavy atom. The number of carbonyl (C=O) groups excluding carboxylic acids is 2. The van der Waals surface area contributed by atoms with E-state index in [1.165, 1.54) is 24.8 Å². The fourth-order valence-corrected chi connectivity index (χ4v) is 6.36. The Morgan fingerprint density at radius 2 is 1.52 bits per heavy atom. The molecule has 1 atom stereocenters. The zero-order valence-electron chi connectivity index (χ0n) is 18.9. The first-order valence-electron chi connectivity index (χ1n) is 12.7. The smallest absolute Gasteiger partial charge is 0.226 e. The van der Waals surface area contributed by atoms with Gasteiger partial charge in [0.1, 0.15) is 0 Å². The Bertz CT molecular complexity index is 772. The molecule has 4 fully saturated rings. The van der Waals surface area contributed by atoms with Crippen LogP contribution in [0.5, 0.6) is 0 Å². The fourth-order valence-electron chi connectivity index (χ4n) is 6.36. The Labute approximate surface area is 187 Å². The van der Waals surface area contributed by atoms with E-state index in [1.54, 1.807) is 0 Å². The van der Waals surface area contributed by atoms with Crippen LogP contribution in [-0.2, 0) is 16.0 Å². The van der Waals surface area contributed by atoms with Gasteiger partial charge in [-0.15, -0.1) is 0 Å². The number of benzene rings is 1.